The van der Waals surface area contributed by atoms with Crippen molar-refractivity contribution >= 4 is 52.4 Å². The van der Waals surface area contributed by atoms with Gasteiger partial charge in [0, 0.05) is 26.2 Å². The quantitative estimate of drug-likeness (QED) is 0.676. The van der Waals surface area contributed by atoms with Gasteiger partial charge < -0.3 is 5.32 Å². The molecular weight excluding hydrogens is 370 g/mol. The number of benzene rings is 1. The zero-order valence-electron chi connectivity index (χ0n) is 14.3. The maximum absolute atomic E-state index is 12.7. The molecule has 4 rings (SSSR count). The SMILES string of the molecule is Cc1ccc(Cl)cc1NC(=O)C1=Cc2sc3c(c2CS1)CCC(C)C3. The molecule has 1 unspecified atom stereocenters. The summed E-state index contributed by atoms with van der Waals surface area (Å²) in [6.07, 6.45) is 5.74. The highest BCUT2D eigenvalue weighted by Gasteiger charge is 2.27. The Labute approximate surface area is 161 Å². The molecule has 1 N–H and O–H groups in total. The van der Waals surface area contributed by atoms with E-state index < -0.39 is 0 Å². The molecule has 2 heterocycles. The first-order chi connectivity index (χ1) is 12.0. The predicted octanol–water partition coefficient (Wildman–Crippen LogP) is 6.06. The number of amides is 1. The highest BCUT2D eigenvalue weighted by atomic mass is 35.5. The second-order valence-electron chi connectivity index (χ2n) is 6.91. The van der Waals surface area contributed by atoms with Gasteiger partial charge in [-0.3, -0.25) is 4.79 Å². The van der Waals surface area contributed by atoms with Gasteiger partial charge in [0.15, 0.2) is 0 Å². The Kier molecular flexibility index (Phi) is 4.69. The van der Waals surface area contributed by atoms with Crippen molar-refractivity contribution in [1.29, 1.82) is 0 Å². The minimum absolute atomic E-state index is 0.0410. The van der Waals surface area contributed by atoms with Crippen LogP contribution >= 0.6 is 34.7 Å². The fourth-order valence-electron chi connectivity index (χ4n) is 3.47. The molecule has 1 aliphatic carbocycles. The van der Waals surface area contributed by atoms with Crippen molar-refractivity contribution in [2.24, 2.45) is 5.92 Å². The molecule has 5 heteroatoms. The van der Waals surface area contributed by atoms with Crippen LogP contribution < -0.4 is 5.32 Å². The second-order valence-corrected chi connectivity index (χ2v) is 9.50. The molecule has 2 nitrogen and oxygen atoms in total. The fraction of sp³-hybridized carbons (Fsp3) is 0.350. The van der Waals surface area contributed by atoms with Gasteiger partial charge in [-0.1, -0.05) is 24.6 Å². The number of aryl methyl sites for hydroxylation is 1. The van der Waals surface area contributed by atoms with E-state index in [1.807, 2.05) is 30.4 Å². The lowest BCUT2D eigenvalue weighted by atomic mass is 9.88. The van der Waals surface area contributed by atoms with E-state index in [0.29, 0.717) is 5.02 Å². The maximum atomic E-state index is 12.7. The van der Waals surface area contributed by atoms with Crippen LogP contribution in [0.2, 0.25) is 5.02 Å². The number of fused-ring (bicyclic) bond motifs is 3. The number of anilines is 1. The lowest BCUT2D eigenvalue weighted by Gasteiger charge is -2.20. The molecule has 2 aliphatic rings. The van der Waals surface area contributed by atoms with Crippen LogP contribution in [0.4, 0.5) is 5.69 Å². The average molecular weight is 390 g/mol. The summed E-state index contributed by atoms with van der Waals surface area (Å²) in [5.74, 6) is 1.64. The van der Waals surface area contributed by atoms with E-state index in [4.69, 9.17) is 11.6 Å². The Hall–Kier alpha value is -1.23. The van der Waals surface area contributed by atoms with Crippen LogP contribution in [0.1, 0.15) is 39.8 Å². The molecule has 0 spiro atoms. The molecule has 1 aromatic carbocycles. The molecule has 25 heavy (non-hydrogen) atoms. The highest BCUT2D eigenvalue weighted by Crippen LogP contribution is 2.43. The summed E-state index contributed by atoms with van der Waals surface area (Å²) in [5, 5.41) is 3.65. The van der Waals surface area contributed by atoms with Crippen molar-refractivity contribution in [3.8, 4) is 0 Å². The Morgan fingerprint density at radius 1 is 1.32 bits per heavy atom. The van der Waals surface area contributed by atoms with Crippen LogP contribution in [0.3, 0.4) is 0 Å². The molecule has 1 amide bonds. The molecule has 1 aliphatic heterocycles. The van der Waals surface area contributed by atoms with Crippen molar-refractivity contribution < 1.29 is 4.79 Å². The first-order valence-electron chi connectivity index (χ1n) is 8.56. The van der Waals surface area contributed by atoms with Gasteiger partial charge in [-0.25, -0.2) is 0 Å². The number of carbonyl (C=O) groups is 1. The summed E-state index contributed by atoms with van der Waals surface area (Å²) in [6, 6.07) is 5.57. The number of thioether (sulfide) groups is 1. The summed E-state index contributed by atoms with van der Waals surface area (Å²) < 4.78 is 0. The van der Waals surface area contributed by atoms with Crippen LogP contribution in [0.5, 0.6) is 0 Å². The monoisotopic (exact) mass is 389 g/mol. The Balaban J connectivity index is 1.59. The Morgan fingerprint density at radius 3 is 3.00 bits per heavy atom. The van der Waals surface area contributed by atoms with Crippen molar-refractivity contribution in [3.63, 3.8) is 0 Å². The van der Waals surface area contributed by atoms with Crippen molar-refractivity contribution in [1.82, 2.24) is 0 Å². The lowest BCUT2D eigenvalue weighted by Crippen LogP contribution is -2.15. The number of carbonyl (C=O) groups excluding carboxylic acids is 1. The first kappa shape index (κ1) is 17.2. The van der Waals surface area contributed by atoms with E-state index >= 15 is 0 Å². The number of rotatable bonds is 2. The van der Waals surface area contributed by atoms with Gasteiger partial charge in [0.05, 0.1) is 4.91 Å². The Morgan fingerprint density at radius 2 is 2.16 bits per heavy atom. The summed E-state index contributed by atoms with van der Waals surface area (Å²) in [7, 11) is 0. The zero-order chi connectivity index (χ0) is 17.6. The number of hydrogen-bond acceptors (Lipinski definition) is 3. The van der Waals surface area contributed by atoms with Gasteiger partial charge in [-0.15, -0.1) is 23.1 Å². The normalized spacial score (nSPS) is 19.0. The number of halogens is 1. The number of thiophene rings is 1. The summed E-state index contributed by atoms with van der Waals surface area (Å²) in [4.78, 5) is 16.3. The Bertz CT molecular complexity index is 884. The number of hydrogen-bond donors (Lipinski definition) is 1. The summed E-state index contributed by atoms with van der Waals surface area (Å²) >= 11 is 9.58. The third-order valence-corrected chi connectivity index (χ3v) is 7.48. The van der Waals surface area contributed by atoms with Crippen LogP contribution in [0.15, 0.2) is 23.1 Å². The molecule has 1 aromatic heterocycles. The average Bonchev–Trinajstić information content (AvgIpc) is 2.94. The summed E-state index contributed by atoms with van der Waals surface area (Å²) in [6.45, 7) is 4.30. The first-order valence-corrected chi connectivity index (χ1v) is 10.7. The molecule has 0 radical (unpaired) electrons. The van der Waals surface area contributed by atoms with E-state index in [9.17, 15) is 4.79 Å². The zero-order valence-corrected chi connectivity index (χ0v) is 16.7. The van der Waals surface area contributed by atoms with E-state index in [2.05, 4.69) is 18.3 Å². The van der Waals surface area contributed by atoms with Gasteiger partial charge in [0.1, 0.15) is 0 Å². The fourth-order valence-corrected chi connectivity index (χ4v) is 6.29. The summed E-state index contributed by atoms with van der Waals surface area (Å²) in [5.41, 5.74) is 4.82. The minimum atomic E-state index is -0.0410. The molecule has 0 bridgehead atoms. The van der Waals surface area contributed by atoms with Gasteiger partial charge in [0.2, 0.25) is 0 Å². The highest BCUT2D eigenvalue weighted by molar-refractivity contribution is 8.03. The molecule has 1 atom stereocenters. The molecular formula is C20H20ClNOS2. The lowest BCUT2D eigenvalue weighted by molar-refractivity contribution is -0.112. The minimum Gasteiger partial charge on any atom is -0.321 e. The van der Waals surface area contributed by atoms with Gasteiger partial charge in [-0.2, -0.15) is 0 Å². The van der Waals surface area contributed by atoms with Crippen molar-refractivity contribution in [2.45, 2.75) is 38.9 Å². The van der Waals surface area contributed by atoms with Crippen LogP contribution in [-0.4, -0.2) is 5.91 Å². The van der Waals surface area contributed by atoms with E-state index in [0.717, 1.165) is 27.8 Å². The number of nitrogens with one attached hydrogen (secondary N) is 1. The van der Waals surface area contributed by atoms with Gasteiger partial charge in [-0.05, 0) is 67.0 Å². The maximum Gasteiger partial charge on any atom is 0.262 e. The van der Waals surface area contributed by atoms with Crippen LogP contribution in [0.25, 0.3) is 6.08 Å². The molecule has 0 fully saturated rings. The molecule has 2 aromatic rings. The van der Waals surface area contributed by atoms with E-state index in [-0.39, 0.29) is 5.91 Å². The smallest absolute Gasteiger partial charge is 0.262 e. The molecule has 0 saturated carbocycles. The van der Waals surface area contributed by atoms with Crippen LogP contribution in [-0.2, 0) is 23.4 Å². The van der Waals surface area contributed by atoms with Gasteiger partial charge >= 0.3 is 0 Å². The van der Waals surface area contributed by atoms with Crippen LogP contribution in [0, 0.1) is 12.8 Å². The largest absolute Gasteiger partial charge is 0.321 e. The molecule has 0 saturated heterocycles. The third kappa shape index (κ3) is 3.40. The standard InChI is InChI=1S/C20H20ClNOS2/c1-11-3-6-14-15-10-24-19(9-18(15)25-17(14)7-11)20(23)22-16-8-13(21)5-4-12(16)2/h4-5,8-9,11H,3,6-7,10H2,1-2H3,(H,22,23). The van der Waals surface area contributed by atoms with Crippen molar-refractivity contribution in [3.05, 3.63) is 54.6 Å². The van der Waals surface area contributed by atoms with Gasteiger partial charge in [0.25, 0.3) is 5.91 Å². The van der Waals surface area contributed by atoms with E-state index in [1.54, 1.807) is 23.4 Å². The topological polar surface area (TPSA) is 29.1 Å². The van der Waals surface area contributed by atoms with E-state index in [1.165, 1.54) is 34.6 Å². The molecule has 130 valence electrons. The third-order valence-electron chi connectivity index (χ3n) is 4.96. The predicted molar refractivity (Wildman–Crippen MR) is 110 cm³/mol. The van der Waals surface area contributed by atoms with Crippen molar-refractivity contribution in [2.75, 3.05) is 5.32 Å². The second kappa shape index (κ2) is 6.82.